The molecule has 2 heterocycles. The molecule has 0 saturated heterocycles. The molecule has 2 aromatic rings. The van der Waals surface area contributed by atoms with Crippen LogP contribution in [0, 0.1) is 12.8 Å². The molecule has 25 heavy (non-hydrogen) atoms. The number of hydrogen-bond donors (Lipinski definition) is 1. The van der Waals surface area contributed by atoms with Crippen LogP contribution in [-0.2, 0) is 13.0 Å². The van der Waals surface area contributed by atoms with Gasteiger partial charge in [-0.05, 0) is 31.4 Å². The average Bonchev–Trinajstić information content (AvgIpc) is 2.99. The van der Waals surface area contributed by atoms with E-state index >= 15 is 0 Å². The molecule has 6 nitrogen and oxygen atoms in total. The van der Waals surface area contributed by atoms with Gasteiger partial charge in [0.1, 0.15) is 0 Å². The summed E-state index contributed by atoms with van der Waals surface area (Å²) in [5.74, 6) is 1.76. The van der Waals surface area contributed by atoms with Gasteiger partial charge < -0.3 is 14.8 Å². The number of rotatable bonds is 6. The van der Waals surface area contributed by atoms with Crippen LogP contribution in [0.4, 0.5) is 0 Å². The Kier molecular flexibility index (Phi) is 5.26. The molecule has 1 aromatic heterocycles. The van der Waals surface area contributed by atoms with Crippen LogP contribution < -0.4 is 14.8 Å². The van der Waals surface area contributed by atoms with Crippen molar-refractivity contribution < 1.29 is 14.3 Å². The number of para-hydroxylation sites is 1. The van der Waals surface area contributed by atoms with E-state index in [0.29, 0.717) is 18.7 Å². The van der Waals surface area contributed by atoms with Crippen molar-refractivity contribution in [2.24, 2.45) is 5.92 Å². The van der Waals surface area contributed by atoms with Crippen molar-refractivity contribution in [1.82, 2.24) is 15.1 Å². The topological polar surface area (TPSA) is 65.4 Å². The minimum atomic E-state index is -0.0729. The first-order valence-electron chi connectivity index (χ1n) is 8.73. The van der Waals surface area contributed by atoms with E-state index in [2.05, 4.69) is 17.3 Å². The molecule has 1 unspecified atom stereocenters. The van der Waals surface area contributed by atoms with E-state index in [1.807, 2.05) is 36.0 Å². The fourth-order valence-electron chi connectivity index (χ4n) is 3.17. The predicted octanol–water partition coefficient (Wildman–Crippen LogP) is 2.59. The lowest BCUT2D eigenvalue weighted by molar-refractivity contribution is 0.0938. The Labute approximate surface area is 148 Å². The van der Waals surface area contributed by atoms with Crippen LogP contribution in [0.5, 0.6) is 11.5 Å². The maximum Gasteiger partial charge on any atom is 0.254 e. The zero-order valence-corrected chi connectivity index (χ0v) is 15.0. The van der Waals surface area contributed by atoms with Crippen LogP contribution in [0.2, 0.25) is 0 Å². The summed E-state index contributed by atoms with van der Waals surface area (Å²) < 4.78 is 13.0. The molecule has 1 atom stereocenters. The van der Waals surface area contributed by atoms with Crippen molar-refractivity contribution in [3.8, 4) is 11.5 Å². The number of aryl methyl sites for hydroxylation is 2. The number of nitrogens with zero attached hydrogens (tertiary/aromatic N) is 2. The van der Waals surface area contributed by atoms with Crippen LogP contribution in [0.3, 0.4) is 0 Å². The van der Waals surface area contributed by atoms with E-state index in [-0.39, 0.29) is 11.8 Å². The number of benzene rings is 1. The summed E-state index contributed by atoms with van der Waals surface area (Å²) in [6, 6.07) is 5.91. The van der Waals surface area contributed by atoms with Gasteiger partial charge in [0.2, 0.25) is 0 Å². The number of ether oxygens (including phenoxy) is 2. The highest BCUT2D eigenvalue weighted by molar-refractivity contribution is 5.95. The van der Waals surface area contributed by atoms with Gasteiger partial charge in [-0.1, -0.05) is 19.1 Å². The Bertz CT molecular complexity index is 754. The average molecular weight is 343 g/mol. The van der Waals surface area contributed by atoms with Gasteiger partial charge in [0, 0.05) is 25.2 Å². The summed E-state index contributed by atoms with van der Waals surface area (Å²) in [6.07, 6.45) is 3.68. The fraction of sp³-hybridized carbons (Fsp3) is 0.474. The summed E-state index contributed by atoms with van der Waals surface area (Å²) in [4.78, 5) is 12.4. The number of hydrogen-bond acceptors (Lipinski definition) is 4. The maximum atomic E-state index is 12.4. The molecule has 1 aliphatic heterocycles. The molecule has 0 radical (unpaired) electrons. The Morgan fingerprint density at radius 2 is 2.32 bits per heavy atom. The Hall–Kier alpha value is -2.50. The van der Waals surface area contributed by atoms with E-state index in [1.54, 1.807) is 7.11 Å². The van der Waals surface area contributed by atoms with Crippen molar-refractivity contribution in [3.05, 3.63) is 41.2 Å². The van der Waals surface area contributed by atoms with Gasteiger partial charge in [-0.2, -0.15) is 5.10 Å². The monoisotopic (exact) mass is 343 g/mol. The lowest BCUT2D eigenvalue weighted by Gasteiger charge is -2.26. The minimum Gasteiger partial charge on any atom is -0.493 e. The molecule has 1 amide bonds. The summed E-state index contributed by atoms with van der Waals surface area (Å²) in [6.45, 7) is 5.93. The van der Waals surface area contributed by atoms with E-state index in [1.165, 1.54) is 0 Å². The number of carbonyl (C=O) groups excluding carboxylic acids is 1. The Morgan fingerprint density at radius 1 is 1.48 bits per heavy atom. The van der Waals surface area contributed by atoms with E-state index in [0.717, 1.165) is 42.1 Å². The fourth-order valence-corrected chi connectivity index (χ4v) is 3.17. The first-order valence-corrected chi connectivity index (χ1v) is 8.73. The Morgan fingerprint density at radius 3 is 3.08 bits per heavy atom. The summed E-state index contributed by atoms with van der Waals surface area (Å²) in [5, 5.41) is 7.40. The minimum absolute atomic E-state index is 0.0729. The van der Waals surface area contributed by atoms with Crippen LogP contribution >= 0.6 is 0 Å². The lowest BCUT2D eigenvalue weighted by atomic mass is 9.96. The van der Waals surface area contributed by atoms with E-state index < -0.39 is 0 Å². The standard InChI is InChI=1S/C19H25N3O3/c1-4-8-22-11-16(13(2)21-22)19(23)20-10-14-9-15-6-5-7-17(24-3)18(15)25-12-14/h5-7,11,14H,4,8-10,12H2,1-3H3,(H,20,23). The molecule has 0 aliphatic carbocycles. The van der Waals surface area contributed by atoms with E-state index in [9.17, 15) is 4.79 Å². The molecule has 0 bridgehead atoms. The molecular weight excluding hydrogens is 318 g/mol. The highest BCUT2D eigenvalue weighted by atomic mass is 16.5. The maximum absolute atomic E-state index is 12.4. The van der Waals surface area contributed by atoms with Crippen LogP contribution in [0.15, 0.2) is 24.4 Å². The second-order valence-electron chi connectivity index (χ2n) is 6.43. The highest BCUT2D eigenvalue weighted by Gasteiger charge is 2.23. The van der Waals surface area contributed by atoms with Crippen LogP contribution in [0.1, 0.15) is 35.0 Å². The molecule has 6 heteroatoms. The number of carbonyl (C=O) groups is 1. The quantitative estimate of drug-likeness (QED) is 0.875. The zero-order chi connectivity index (χ0) is 17.8. The largest absolute Gasteiger partial charge is 0.493 e. The highest BCUT2D eigenvalue weighted by Crippen LogP contribution is 2.35. The van der Waals surface area contributed by atoms with Gasteiger partial charge in [0.25, 0.3) is 5.91 Å². The summed E-state index contributed by atoms with van der Waals surface area (Å²) >= 11 is 0. The molecule has 1 aliphatic rings. The molecule has 1 N–H and O–H groups in total. The molecule has 0 spiro atoms. The number of methoxy groups -OCH3 is 1. The molecule has 1 aromatic carbocycles. The van der Waals surface area contributed by atoms with Crippen molar-refractivity contribution in [3.63, 3.8) is 0 Å². The van der Waals surface area contributed by atoms with Crippen molar-refractivity contribution >= 4 is 5.91 Å². The summed E-state index contributed by atoms with van der Waals surface area (Å²) in [7, 11) is 1.65. The SMILES string of the molecule is CCCn1cc(C(=O)NCC2COc3c(cccc3OC)C2)c(C)n1. The lowest BCUT2D eigenvalue weighted by Crippen LogP contribution is -2.35. The molecular formula is C19H25N3O3. The van der Waals surface area contributed by atoms with Crippen molar-refractivity contribution in [2.75, 3.05) is 20.3 Å². The number of aromatic nitrogens is 2. The van der Waals surface area contributed by atoms with Crippen molar-refractivity contribution in [2.45, 2.75) is 33.2 Å². The Balaban J connectivity index is 1.60. The van der Waals surface area contributed by atoms with Crippen molar-refractivity contribution in [1.29, 1.82) is 0 Å². The third-order valence-corrected chi connectivity index (χ3v) is 4.45. The molecule has 0 fully saturated rings. The van der Waals surface area contributed by atoms with E-state index in [4.69, 9.17) is 9.47 Å². The third-order valence-electron chi connectivity index (χ3n) is 4.45. The van der Waals surface area contributed by atoms with Gasteiger partial charge >= 0.3 is 0 Å². The van der Waals surface area contributed by atoms with Gasteiger partial charge in [0.05, 0.1) is 25.0 Å². The zero-order valence-electron chi connectivity index (χ0n) is 15.0. The molecule has 0 saturated carbocycles. The predicted molar refractivity (Wildman–Crippen MR) is 95.3 cm³/mol. The summed E-state index contributed by atoms with van der Waals surface area (Å²) in [5.41, 5.74) is 2.53. The van der Waals surface area contributed by atoms with Crippen LogP contribution in [-0.4, -0.2) is 35.9 Å². The second kappa shape index (κ2) is 7.59. The first kappa shape index (κ1) is 17.3. The molecule has 3 rings (SSSR count). The van der Waals surface area contributed by atoms with Gasteiger partial charge in [-0.3, -0.25) is 9.48 Å². The second-order valence-corrected chi connectivity index (χ2v) is 6.43. The van der Waals surface area contributed by atoms with Gasteiger partial charge in [-0.15, -0.1) is 0 Å². The smallest absolute Gasteiger partial charge is 0.254 e. The van der Waals surface area contributed by atoms with Gasteiger partial charge in [0.15, 0.2) is 11.5 Å². The van der Waals surface area contributed by atoms with Gasteiger partial charge in [-0.25, -0.2) is 0 Å². The number of fused-ring (bicyclic) bond motifs is 1. The number of nitrogens with one attached hydrogen (secondary N) is 1. The third kappa shape index (κ3) is 3.78. The normalized spacial score (nSPS) is 16.0. The number of amides is 1. The van der Waals surface area contributed by atoms with Crippen LogP contribution in [0.25, 0.3) is 0 Å². The molecule has 134 valence electrons. The first-order chi connectivity index (χ1) is 12.1.